The molecule has 36 heavy (non-hydrogen) atoms. The number of fused-ring (bicyclic) bond motifs is 2. The van der Waals surface area contributed by atoms with Crippen molar-refractivity contribution in [3.8, 4) is 5.75 Å². The molecule has 1 aliphatic rings. The molecule has 0 bridgehead atoms. The highest BCUT2D eigenvalue weighted by Crippen LogP contribution is 2.34. The first-order chi connectivity index (χ1) is 17.7. The second-order valence-corrected chi connectivity index (χ2v) is 9.18. The predicted molar refractivity (Wildman–Crippen MR) is 140 cm³/mol. The Labute approximate surface area is 208 Å². The summed E-state index contributed by atoms with van der Waals surface area (Å²) in [5, 5.41) is 2.35. The average molecular weight is 480 g/mol. The first-order valence-corrected chi connectivity index (χ1v) is 12.3. The van der Waals surface area contributed by atoms with Gasteiger partial charge in [-0.25, -0.2) is 9.37 Å². The van der Waals surface area contributed by atoms with Gasteiger partial charge in [0.1, 0.15) is 17.4 Å². The Kier molecular flexibility index (Phi) is 5.85. The molecule has 1 atom stereocenters. The number of nitrogens with zero attached hydrogens (tertiary/aromatic N) is 3. The summed E-state index contributed by atoms with van der Waals surface area (Å²) in [6, 6.07) is 28.8. The van der Waals surface area contributed by atoms with Gasteiger partial charge in [-0.2, -0.15) is 0 Å². The van der Waals surface area contributed by atoms with Gasteiger partial charge in [0, 0.05) is 25.4 Å². The van der Waals surface area contributed by atoms with Gasteiger partial charge in [-0.05, 0) is 53.6 Å². The highest BCUT2D eigenvalue weighted by Gasteiger charge is 2.35. The third-order valence-electron chi connectivity index (χ3n) is 6.83. The van der Waals surface area contributed by atoms with E-state index in [1.807, 2.05) is 36.4 Å². The summed E-state index contributed by atoms with van der Waals surface area (Å²) in [5.41, 5.74) is 2.27. The Balaban J connectivity index is 1.20. The monoisotopic (exact) mass is 479 g/mol. The van der Waals surface area contributed by atoms with Gasteiger partial charge in [0.2, 0.25) is 5.91 Å². The van der Waals surface area contributed by atoms with Crippen molar-refractivity contribution in [2.45, 2.75) is 25.3 Å². The van der Waals surface area contributed by atoms with Crippen molar-refractivity contribution >= 4 is 33.4 Å². The fourth-order valence-electron chi connectivity index (χ4n) is 5.09. The third-order valence-corrected chi connectivity index (χ3v) is 6.83. The summed E-state index contributed by atoms with van der Waals surface area (Å²) in [5.74, 6) is 1.15. The summed E-state index contributed by atoms with van der Waals surface area (Å²) >= 11 is 0. The number of aromatic nitrogens is 2. The number of ether oxygens (including phenoxy) is 1. The van der Waals surface area contributed by atoms with Crippen molar-refractivity contribution in [1.82, 2.24) is 9.55 Å². The molecule has 1 aromatic heterocycles. The number of anilines is 1. The fraction of sp³-hybridized carbons (Fsp3) is 0.200. The zero-order valence-electron chi connectivity index (χ0n) is 19.8. The highest BCUT2D eigenvalue weighted by molar-refractivity contribution is 5.96. The van der Waals surface area contributed by atoms with Crippen molar-refractivity contribution < 1.29 is 13.9 Å². The summed E-state index contributed by atoms with van der Waals surface area (Å²) in [4.78, 5) is 19.3. The number of halogens is 1. The second kappa shape index (κ2) is 9.46. The number of carbonyl (C=O) groups is 1. The number of rotatable bonds is 7. The lowest BCUT2D eigenvalue weighted by Crippen LogP contribution is -2.25. The number of hydrogen-bond acceptors (Lipinski definition) is 3. The van der Waals surface area contributed by atoms with Crippen LogP contribution < -0.4 is 9.64 Å². The van der Waals surface area contributed by atoms with E-state index in [1.54, 1.807) is 23.1 Å². The van der Waals surface area contributed by atoms with E-state index in [2.05, 4.69) is 34.9 Å². The van der Waals surface area contributed by atoms with Crippen LogP contribution in [0.3, 0.4) is 0 Å². The first-order valence-electron chi connectivity index (χ1n) is 12.3. The molecule has 180 valence electrons. The van der Waals surface area contributed by atoms with Crippen LogP contribution in [0.4, 0.5) is 10.1 Å². The minimum absolute atomic E-state index is 0.0802. The molecular weight excluding hydrogens is 453 g/mol. The van der Waals surface area contributed by atoms with Crippen molar-refractivity contribution in [2.75, 3.05) is 18.1 Å². The van der Waals surface area contributed by atoms with Crippen molar-refractivity contribution in [2.24, 2.45) is 0 Å². The van der Waals surface area contributed by atoms with Crippen LogP contribution in [0.2, 0.25) is 0 Å². The standard InChI is InChI=1S/C30H26FN3O2/c31-25-10-3-5-12-27(25)34-20-23(19-29(34)35)30-32-26-11-4-6-13-28(26)33(30)16-7-17-36-24-15-14-21-8-1-2-9-22(21)18-24/h1-6,8-15,18,23H,7,16-17,19-20H2. The summed E-state index contributed by atoms with van der Waals surface area (Å²) in [6.07, 6.45) is 1.10. The van der Waals surface area contributed by atoms with Crippen LogP contribution >= 0.6 is 0 Å². The van der Waals surface area contributed by atoms with Crippen LogP contribution in [-0.2, 0) is 11.3 Å². The minimum Gasteiger partial charge on any atom is -0.494 e. The van der Waals surface area contributed by atoms with E-state index in [1.165, 1.54) is 11.5 Å². The van der Waals surface area contributed by atoms with E-state index in [0.717, 1.165) is 34.4 Å². The lowest BCUT2D eigenvalue weighted by molar-refractivity contribution is -0.117. The minimum atomic E-state index is -0.383. The number of hydrogen-bond donors (Lipinski definition) is 0. The molecule has 0 aliphatic carbocycles. The van der Waals surface area contributed by atoms with Crippen LogP contribution in [0.1, 0.15) is 24.6 Å². The van der Waals surface area contributed by atoms with Crippen molar-refractivity contribution in [1.29, 1.82) is 0 Å². The SMILES string of the molecule is O=C1CC(c2nc3ccccc3n2CCCOc2ccc3ccccc3c2)CN1c1ccccc1F. The van der Waals surface area contributed by atoms with Gasteiger partial charge in [-0.3, -0.25) is 4.79 Å². The predicted octanol–water partition coefficient (Wildman–Crippen LogP) is 6.32. The lowest BCUT2D eigenvalue weighted by atomic mass is 10.1. The molecule has 1 amide bonds. The Morgan fingerprint density at radius 2 is 1.69 bits per heavy atom. The maximum Gasteiger partial charge on any atom is 0.227 e. The quantitative estimate of drug-likeness (QED) is 0.257. The van der Waals surface area contributed by atoms with Crippen molar-refractivity contribution in [3.05, 3.63) is 103 Å². The molecule has 2 heterocycles. The number of imidazole rings is 1. The molecule has 6 rings (SSSR count). The zero-order chi connectivity index (χ0) is 24.5. The number of aryl methyl sites for hydroxylation is 1. The normalized spacial score (nSPS) is 15.8. The molecule has 5 nitrogen and oxygen atoms in total. The summed E-state index contributed by atoms with van der Waals surface area (Å²) in [7, 11) is 0. The molecule has 5 aromatic rings. The fourth-order valence-corrected chi connectivity index (χ4v) is 5.09. The van der Waals surface area contributed by atoms with E-state index in [4.69, 9.17) is 9.72 Å². The molecule has 0 spiro atoms. The van der Waals surface area contributed by atoms with Gasteiger partial charge in [0.05, 0.1) is 23.3 Å². The maximum atomic E-state index is 14.4. The maximum absolute atomic E-state index is 14.4. The zero-order valence-corrected chi connectivity index (χ0v) is 19.8. The largest absolute Gasteiger partial charge is 0.494 e. The first kappa shape index (κ1) is 22.3. The number of benzene rings is 4. The molecule has 1 fully saturated rings. The van der Waals surface area contributed by atoms with Gasteiger partial charge in [-0.15, -0.1) is 0 Å². The summed E-state index contributed by atoms with van der Waals surface area (Å²) in [6.45, 7) is 1.69. The van der Waals surface area contributed by atoms with E-state index >= 15 is 0 Å². The molecule has 0 N–H and O–H groups in total. The summed E-state index contributed by atoms with van der Waals surface area (Å²) < 4.78 is 22.6. The van der Waals surface area contributed by atoms with E-state index < -0.39 is 0 Å². The van der Waals surface area contributed by atoms with E-state index in [0.29, 0.717) is 31.8 Å². The van der Waals surface area contributed by atoms with E-state index in [-0.39, 0.29) is 17.6 Å². The van der Waals surface area contributed by atoms with Gasteiger partial charge in [0.25, 0.3) is 0 Å². The topological polar surface area (TPSA) is 47.4 Å². The van der Waals surface area contributed by atoms with Gasteiger partial charge >= 0.3 is 0 Å². The molecule has 6 heteroatoms. The van der Waals surface area contributed by atoms with Crippen molar-refractivity contribution in [3.63, 3.8) is 0 Å². The van der Waals surface area contributed by atoms with Crippen LogP contribution in [0.5, 0.6) is 5.75 Å². The molecule has 1 unspecified atom stereocenters. The number of carbonyl (C=O) groups excluding carboxylic acids is 1. The molecule has 1 saturated heterocycles. The molecule has 0 radical (unpaired) electrons. The number of para-hydroxylation sites is 3. The Morgan fingerprint density at radius 3 is 2.58 bits per heavy atom. The van der Waals surface area contributed by atoms with E-state index in [9.17, 15) is 9.18 Å². The lowest BCUT2D eigenvalue weighted by Gasteiger charge is -2.18. The van der Waals surface area contributed by atoms with Gasteiger partial charge in [-0.1, -0.05) is 54.6 Å². The van der Waals surface area contributed by atoms with Crippen LogP contribution in [0, 0.1) is 5.82 Å². The third kappa shape index (κ3) is 4.19. The van der Waals surface area contributed by atoms with Crippen LogP contribution in [-0.4, -0.2) is 28.6 Å². The second-order valence-electron chi connectivity index (χ2n) is 9.18. The highest BCUT2D eigenvalue weighted by atomic mass is 19.1. The van der Waals surface area contributed by atoms with Gasteiger partial charge in [0.15, 0.2) is 0 Å². The smallest absolute Gasteiger partial charge is 0.227 e. The Bertz CT molecular complexity index is 1560. The van der Waals surface area contributed by atoms with Crippen LogP contribution in [0.25, 0.3) is 21.8 Å². The Hall–Kier alpha value is -4.19. The van der Waals surface area contributed by atoms with Crippen LogP contribution in [0.15, 0.2) is 91.0 Å². The molecular formula is C30H26FN3O2. The molecule has 4 aromatic carbocycles. The van der Waals surface area contributed by atoms with Gasteiger partial charge < -0.3 is 14.2 Å². The molecule has 1 aliphatic heterocycles. The average Bonchev–Trinajstić information content (AvgIpc) is 3.47. The molecule has 0 saturated carbocycles. The Morgan fingerprint density at radius 1 is 0.917 bits per heavy atom. The number of amides is 1.